The predicted molar refractivity (Wildman–Crippen MR) is 71.6 cm³/mol. The average Bonchev–Trinajstić information content (AvgIpc) is 2.42. The van der Waals surface area contributed by atoms with Crippen LogP contribution in [0.15, 0.2) is 42.5 Å². The van der Waals surface area contributed by atoms with Crippen molar-refractivity contribution in [1.82, 2.24) is 0 Å². The lowest BCUT2D eigenvalue weighted by atomic mass is 10.1. The maximum Gasteiger partial charge on any atom is 0.255 e. The third kappa shape index (κ3) is 2.82. The van der Waals surface area contributed by atoms with Crippen LogP contribution in [0.1, 0.15) is 15.9 Å². The number of nitrogen functional groups attached to an aromatic ring is 1. The number of anilines is 2. The molecule has 0 bridgehead atoms. The van der Waals surface area contributed by atoms with Crippen LogP contribution >= 0.6 is 0 Å². The molecule has 2 aromatic carbocycles. The quantitative estimate of drug-likeness (QED) is 0.563. The van der Waals surface area contributed by atoms with Crippen molar-refractivity contribution in [2.45, 2.75) is 0 Å². The van der Waals surface area contributed by atoms with E-state index in [1.807, 2.05) is 6.07 Å². The number of benzene rings is 2. The van der Waals surface area contributed by atoms with E-state index in [0.717, 1.165) is 0 Å². The Morgan fingerprint density at radius 3 is 2.47 bits per heavy atom. The van der Waals surface area contributed by atoms with Crippen LogP contribution in [0.3, 0.4) is 0 Å². The van der Waals surface area contributed by atoms with Crippen LogP contribution in [-0.2, 0) is 0 Å². The van der Waals surface area contributed by atoms with Crippen molar-refractivity contribution in [1.29, 1.82) is 5.26 Å². The number of phenolic OH excluding ortho intramolecular Hbond substituents is 1. The molecule has 4 N–H and O–H groups in total. The van der Waals surface area contributed by atoms with Crippen molar-refractivity contribution in [3.05, 3.63) is 53.6 Å². The molecule has 0 fully saturated rings. The molecular formula is C14H11N3O2. The molecule has 0 atom stereocenters. The molecule has 94 valence electrons. The van der Waals surface area contributed by atoms with Crippen LogP contribution in [0.4, 0.5) is 11.4 Å². The number of nitrogens with zero attached hydrogens (tertiary/aromatic N) is 1. The monoisotopic (exact) mass is 253 g/mol. The summed E-state index contributed by atoms with van der Waals surface area (Å²) in [6.45, 7) is 0. The van der Waals surface area contributed by atoms with Gasteiger partial charge in [0.2, 0.25) is 0 Å². The molecule has 0 heterocycles. The number of nitrogens with two attached hydrogens (primary N) is 1. The van der Waals surface area contributed by atoms with Gasteiger partial charge in [0.1, 0.15) is 5.75 Å². The van der Waals surface area contributed by atoms with Crippen molar-refractivity contribution >= 4 is 17.3 Å². The third-order valence-corrected chi connectivity index (χ3v) is 2.56. The van der Waals surface area contributed by atoms with Crippen LogP contribution < -0.4 is 11.1 Å². The lowest BCUT2D eigenvalue weighted by Crippen LogP contribution is -2.12. The standard InChI is InChI=1S/C14H11N3O2/c15-8-9-1-4-11(5-2-9)17-14(19)10-3-6-13(18)12(16)7-10/h1-7,18H,16H2,(H,17,19). The van der Waals surface area contributed by atoms with Gasteiger partial charge in [-0.15, -0.1) is 0 Å². The summed E-state index contributed by atoms with van der Waals surface area (Å²) in [7, 11) is 0. The molecule has 0 radical (unpaired) electrons. The smallest absolute Gasteiger partial charge is 0.255 e. The molecule has 19 heavy (non-hydrogen) atoms. The van der Waals surface area contributed by atoms with E-state index in [4.69, 9.17) is 11.0 Å². The van der Waals surface area contributed by atoms with Crippen molar-refractivity contribution in [3.8, 4) is 11.8 Å². The highest BCUT2D eigenvalue weighted by atomic mass is 16.3. The Labute approximate surface area is 109 Å². The predicted octanol–water partition coefficient (Wildman–Crippen LogP) is 2.10. The second-order valence-corrected chi connectivity index (χ2v) is 3.92. The lowest BCUT2D eigenvalue weighted by molar-refractivity contribution is 0.102. The number of nitriles is 1. The molecule has 5 nitrogen and oxygen atoms in total. The highest BCUT2D eigenvalue weighted by Gasteiger charge is 2.08. The molecule has 1 amide bonds. The van der Waals surface area contributed by atoms with E-state index in [-0.39, 0.29) is 17.3 Å². The Balaban J connectivity index is 2.16. The van der Waals surface area contributed by atoms with Crippen molar-refractivity contribution in [2.75, 3.05) is 11.1 Å². The first-order valence-electron chi connectivity index (χ1n) is 5.50. The summed E-state index contributed by atoms with van der Waals surface area (Å²) in [5.41, 5.74) is 7.12. The summed E-state index contributed by atoms with van der Waals surface area (Å²) >= 11 is 0. The van der Waals surface area contributed by atoms with Gasteiger partial charge in [-0.2, -0.15) is 5.26 Å². The minimum atomic E-state index is -0.337. The fraction of sp³-hybridized carbons (Fsp3) is 0. The van der Waals surface area contributed by atoms with E-state index in [9.17, 15) is 9.90 Å². The second kappa shape index (κ2) is 5.10. The molecule has 5 heteroatoms. The van der Waals surface area contributed by atoms with Gasteiger partial charge in [0.15, 0.2) is 0 Å². The first-order valence-corrected chi connectivity index (χ1v) is 5.50. The van der Waals surface area contributed by atoms with E-state index in [2.05, 4.69) is 5.32 Å². The van der Waals surface area contributed by atoms with Gasteiger partial charge in [-0.3, -0.25) is 4.79 Å². The van der Waals surface area contributed by atoms with E-state index in [1.54, 1.807) is 24.3 Å². The number of nitrogens with one attached hydrogen (secondary N) is 1. The molecule has 0 spiro atoms. The highest BCUT2D eigenvalue weighted by Crippen LogP contribution is 2.21. The van der Waals surface area contributed by atoms with Gasteiger partial charge in [-0.1, -0.05) is 0 Å². The topological polar surface area (TPSA) is 99.1 Å². The maximum absolute atomic E-state index is 11.9. The Kier molecular flexibility index (Phi) is 3.35. The Morgan fingerprint density at radius 2 is 1.89 bits per heavy atom. The van der Waals surface area contributed by atoms with E-state index in [0.29, 0.717) is 16.8 Å². The van der Waals surface area contributed by atoms with Crippen LogP contribution in [0.5, 0.6) is 5.75 Å². The van der Waals surface area contributed by atoms with Crippen LogP contribution in [0.2, 0.25) is 0 Å². The van der Waals surface area contributed by atoms with E-state index >= 15 is 0 Å². The van der Waals surface area contributed by atoms with Gasteiger partial charge in [0, 0.05) is 11.3 Å². The molecular weight excluding hydrogens is 242 g/mol. The number of aromatic hydroxyl groups is 1. The van der Waals surface area contributed by atoms with Crippen molar-refractivity contribution < 1.29 is 9.90 Å². The zero-order valence-corrected chi connectivity index (χ0v) is 9.92. The maximum atomic E-state index is 11.9. The fourth-order valence-corrected chi connectivity index (χ4v) is 1.53. The zero-order valence-electron chi connectivity index (χ0n) is 9.92. The van der Waals surface area contributed by atoms with Crippen molar-refractivity contribution in [3.63, 3.8) is 0 Å². The first kappa shape index (κ1) is 12.5. The fourth-order valence-electron chi connectivity index (χ4n) is 1.53. The highest BCUT2D eigenvalue weighted by molar-refractivity contribution is 6.05. The molecule has 0 saturated carbocycles. The first-order chi connectivity index (χ1) is 9.10. The van der Waals surface area contributed by atoms with Crippen LogP contribution in [-0.4, -0.2) is 11.0 Å². The Hall–Kier alpha value is -3.00. The number of carbonyl (C=O) groups excluding carboxylic acids is 1. The van der Waals surface area contributed by atoms with Gasteiger partial charge >= 0.3 is 0 Å². The van der Waals surface area contributed by atoms with Gasteiger partial charge in [0.05, 0.1) is 17.3 Å². The molecule has 2 rings (SSSR count). The molecule has 0 unspecified atom stereocenters. The Bertz CT molecular complexity index is 657. The summed E-state index contributed by atoms with van der Waals surface area (Å²) in [5.74, 6) is -0.397. The average molecular weight is 253 g/mol. The number of hydrogen-bond donors (Lipinski definition) is 3. The Morgan fingerprint density at radius 1 is 1.21 bits per heavy atom. The summed E-state index contributed by atoms with van der Waals surface area (Å²) in [4.78, 5) is 11.9. The minimum Gasteiger partial charge on any atom is -0.506 e. The van der Waals surface area contributed by atoms with E-state index < -0.39 is 0 Å². The van der Waals surface area contributed by atoms with Gasteiger partial charge in [-0.05, 0) is 42.5 Å². The summed E-state index contributed by atoms with van der Waals surface area (Å²) in [6.07, 6.45) is 0. The molecule has 0 aromatic heterocycles. The number of carbonyl (C=O) groups is 1. The largest absolute Gasteiger partial charge is 0.506 e. The molecule has 0 aliphatic carbocycles. The molecule has 2 aromatic rings. The SMILES string of the molecule is N#Cc1ccc(NC(=O)c2ccc(O)c(N)c2)cc1. The summed E-state index contributed by atoms with van der Waals surface area (Å²) in [5, 5.41) is 20.6. The lowest BCUT2D eigenvalue weighted by Gasteiger charge is -2.06. The number of hydrogen-bond acceptors (Lipinski definition) is 4. The minimum absolute atomic E-state index is 0.0603. The number of phenols is 1. The molecule has 0 aliphatic heterocycles. The normalized spacial score (nSPS) is 9.63. The molecule has 0 aliphatic rings. The van der Waals surface area contributed by atoms with Gasteiger partial charge < -0.3 is 16.2 Å². The summed E-state index contributed by atoms with van der Waals surface area (Å²) in [6, 6.07) is 12.7. The van der Waals surface area contributed by atoms with Gasteiger partial charge in [0.25, 0.3) is 5.91 Å². The van der Waals surface area contributed by atoms with Gasteiger partial charge in [-0.25, -0.2) is 0 Å². The summed E-state index contributed by atoms with van der Waals surface area (Å²) < 4.78 is 0. The molecule has 0 saturated heterocycles. The third-order valence-electron chi connectivity index (χ3n) is 2.56. The number of amides is 1. The zero-order chi connectivity index (χ0) is 13.8. The number of rotatable bonds is 2. The second-order valence-electron chi connectivity index (χ2n) is 3.92. The van der Waals surface area contributed by atoms with Crippen LogP contribution in [0, 0.1) is 11.3 Å². The van der Waals surface area contributed by atoms with E-state index in [1.165, 1.54) is 18.2 Å². The van der Waals surface area contributed by atoms with Crippen molar-refractivity contribution in [2.24, 2.45) is 0 Å². The van der Waals surface area contributed by atoms with Crippen LogP contribution in [0.25, 0.3) is 0 Å².